The SMILES string of the molecule is COc1cccc(/C=C(\CN)C2CC2)c1. The van der Waals surface area contributed by atoms with Crippen molar-refractivity contribution >= 4 is 6.08 Å². The summed E-state index contributed by atoms with van der Waals surface area (Å²) in [5.41, 5.74) is 8.28. The van der Waals surface area contributed by atoms with Gasteiger partial charge in [-0.25, -0.2) is 0 Å². The smallest absolute Gasteiger partial charge is 0.119 e. The van der Waals surface area contributed by atoms with Crippen molar-refractivity contribution in [1.29, 1.82) is 0 Å². The lowest BCUT2D eigenvalue weighted by molar-refractivity contribution is 0.414. The van der Waals surface area contributed by atoms with E-state index in [9.17, 15) is 0 Å². The van der Waals surface area contributed by atoms with Gasteiger partial charge in [-0.1, -0.05) is 23.8 Å². The van der Waals surface area contributed by atoms with Crippen LogP contribution in [0.15, 0.2) is 29.8 Å². The fourth-order valence-corrected chi connectivity index (χ4v) is 1.74. The predicted molar refractivity (Wildman–Crippen MR) is 62.7 cm³/mol. The van der Waals surface area contributed by atoms with Crippen molar-refractivity contribution in [2.45, 2.75) is 12.8 Å². The summed E-state index contributed by atoms with van der Waals surface area (Å²) in [5.74, 6) is 1.64. The van der Waals surface area contributed by atoms with Crippen LogP contribution in [0.5, 0.6) is 5.75 Å². The molecule has 0 amide bonds. The largest absolute Gasteiger partial charge is 0.497 e. The van der Waals surface area contributed by atoms with Crippen LogP contribution in [0.25, 0.3) is 6.08 Å². The van der Waals surface area contributed by atoms with Crippen LogP contribution in [0.3, 0.4) is 0 Å². The molecule has 1 aliphatic carbocycles. The quantitative estimate of drug-likeness (QED) is 0.815. The van der Waals surface area contributed by atoms with Crippen molar-refractivity contribution < 1.29 is 4.74 Å². The second-order valence-corrected chi connectivity index (χ2v) is 3.97. The van der Waals surface area contributed by atoms with Gasteiger partial charge in [0, 0.05) is 6.54 Å². The number of methoxy groups -OCH3 is 1. The van der Waals surface area contributed by atoms with Crippen molar-refractivity contribution in [3.8, 4) is 5.75 Å². The lowest BCUT2D eigenvalue weighted by Crippen LogP contribution is -2.04. The molecular weight excluding hydrogens is 186 g/mol. The number of nitrogens with two attached hydrogens (primary N) is 1. The Hall–Kier alpha value is -1.28. The van der Waals surface area contributed by atoms with Crippen LogP contribution in [0, 0.1) is 5.92 Å². The Balaban J connectivity index is 2.20. The maximum absolute atomic E-state index is 5.73. The van der Waals surface area contributed by atoms with Gasteiger partial charge in [0.2, 0.25) is 0 Å². The summed E-state index contributed by atoms with van der Waals surface area (Å²) in [4.78, 5) is 0. The summed E-state index contributed by atoms with van der Waals surface area (Å²) in [6.45, 7) is 0.669. The monoisotopic (exact) mass is 203 g/mol. The molecule has 80 valence electrons. The Morgan fingerprint density at radius 3 is 2.93 bits per heavy atom. The van der Waals surface area contributed by atoms with Gasteiger partial charge >= 0.3 is 0 Å². The van der Waals surface area contributed by atoms with E-state index in [2.05, 4.69) is 12.1 Å². The highest BCUT2D eigenvalue weighted by Crippen LogP contribution is 2.36. The van der Waals surface area contributed by atoms with E-state index >= 15 is 0 Å². The van der Waals surface area contributed by atoms with E-state index in [4.69, 9.17) is 10.5 Å². The molecule has 0 aliphatic heterocycles. The molecule has 0 bridgehead atoms. The number of hydrogen-bond acceptors (Lipinski definition) is 2. The number of rotatable bonds is 4. The number of hydrogen-bond donors (Lipinski definition) is 1. The van der Waals surface area contributed by atoms with Crippen molar-refractivity contribution in [2.75, 3.05) is 13.7 Å². The van der Waals surface area contributed by atoms with Crippen molar-refractivity contribution in [1.82, 2.24) is 0 Å². The number of ether oxygens (including phenoxy) is 1. The summed E-state index contributed by atoms with van der Waals surface area (Å²) >= 11 is 0. The molecule has 0 heterocycles. The average molecular weight is 203 g/mol. The first-order chi connectivity index (χ1) is 7.33. The molecule has 1 aliphatic rings. The van der Waals surface area contributed by atoms with Crippen LogP contribution >= 0.6 is 0 Å². The Morgan fingerprint density at radius 1 is 1.53 bits per heavy atom. The van der Waals surface area contributed by atoms with E-state index in [-0.39, 0.29) is 0 Å². The van der Waals surface area contributed by atoms with Crippen molar-refractivity contribution in [2.24, 2.45) is 11.7 Å². The normalized spacial score (nSPS) is 16.5. The Labute approximate surface area is 90.7 Å². The van der Waals surface area contributed by atoms with Crippen LogP contribution < -0.4 is 10.5 Å². The average Bonchev–Trinajstić information content (AvgIpc) is 3.10. The summed E-state index contributed by atoms with van der Waals surface area (Å²) < 4.78 is 5.19. The molecule has 0 spiro atoms. The second kappa shape index (κ2) is 4.49. The fraction of sp³-hybridized carbons (Fsp3) is 0.385. The fourth-order valence-electron chi connectivity index (χ4n) is 1.74. The van der Waals surface area contributed by atoms with E-state index in [1.807, 2.05) is 18.2 Å². The van der Waals surface area contributed by atoms with E-state index in [0.29, 0.717) is 6.54 Å². The minimum Gasteiger partial charge on any atom is -0.497 e. The molecule has 0 radical (unpaired) electrons. The zero-order valence-corrected chi connectivity index (χ0v) is 9.07. The van der Waals surface area contributed by atoms with Crippen LogP contribution in [0.1, 0.15) is 18.4 Å². The van der Waals surface area contributed by atoms with Gasteiger partial charge in [0.05, 0.1) is 7.11 Å². The minimum absolute atomic E-state index is 0.669. The molecule has 0 saturated heterocycles. The van der Waals surface area contributed by atoms with Crippen molar-refractivity contribution in [3.63, 3.8) is 0 Å². The minimum atomic E-state index is 0.669. The first-order valence-corrected chi connectivity index (χ1v) is 5.38. The molecule has 15 heavy (non-hydrogen) atoms. The van der Waals surface area contributed by atoms with Gasteiger partial charge < -0.3 is 10.5 Å². The standard InChI is InChI=1S/C13H17NO/c1-15-13-4-2-3-10(8-13)7-12(9-14)11-5-6-11/h2-4,7-8,11H,5-6,9,14H2,1H3/b12-7+. The van der Waals surface area contributed by atoms with Gasteiger partial charge in [-0.05, 0) is 36.5 Å². The maximum atomic E-state index is 5.73. The van der Waals surface area contributed by atoms with E-state index < -0.39 is 0 Å². The van der Waals surface area contributed by atoms with Crippen LogP contribution in [-0.2, 0) is 0 Å². The highest BCUT2D eigenvalue weighted by molar-refractivity contribution is 5.56. The third-order valence-electron chi connectivity index (χ3n) is 2.78. The van der Waals surface area contributed by atoms with Gasteiger partial charge in [0.1, 0.15) is 5.75 Å². The van der Waals surface area contributed by atoms with Crippen LogP contribution in [0.4, 0.5) is 0 Å². The molecule has 1 saturated carbocycles. The van der Waals surface area contributed by atoms with Gasteiger partial charge in [-0.15, -0.1) is 0 Å². The van der Waals surface area contributed by atoms with Crippen LogP contribution in [0.2, 0.25) is 0 Å². The molecule has 0 aromatic heterocycles. The summed E-state index contributed by atoms with van der Waals surface area (Å²) in [7, 11) is 1.69. The zero-order valence-electron chi connectivity index (χ0n) is 9.07. The van der Waals surface area contributed by atoms with E-state index in [1.165, 1.54) is 24.0 Å². The summed E-state index contributed by atoms with van der Waals surface area (Å²) in [6.07, 6.45) is 4.79. The highest BCUT2D eigenvalue weighted by Gasteiger charge is 2.24. The number of benzene rings is 1. The lowest BCUT2D eigenvalue weighted by atomic mass is 10.1. The molecule has 2 nitrogen and oxygen atoms in total. The van der Waals surface area contributed by atoms with E-state index in [1.54, 1.807) is 7.11 Å². The molecule has 2 heteroatoms. The Kier molecular flexibility index (Phi) is 3.07. The highest BCUT2D eigenvalue weighted by atomic mass is 16.5. The van der Waals surface area contributed by atoms with Gasteiger partial charge in [-0.3, -0.25) is 0 Å². The Morgan fingerprint density at radius 2 is 2.33 bits per heavy atom. The summed E-state index contributed by atoms with van der Waals surface area (Å²) in [5, 5.41) is 0. The Bertz CT molecular complexity index is 367. The molecule has 2 N–H and O–H groups in total. The third-order valence-corrected chi connectivity index (χ3v) is 2.78. The van der Waals surface area contributed by atoms with Crippen molar-refractivity contribution in [3.05, 3.63) is 35.4 Å². The molecule has 1 aromatic rings. The lowest BCUT2D eigenvalue weighted by Gasteiger charge is -2.04. The maximum Gasteiger partial charge on any atom is 0.119 e. The van der Waals surface area contributed by atoms with Gasteiger partial charge in [-0.2, -0.15) is 0 Å². The second-order valence-electron chi connectivity index (χ2n) is 3.97. The molecule has 1 fully saturated rings. The summed E-state index contributed by atoms with van der Waals surface area (Å²) in [6, 6.07) is 8.08. The molecule has 2 rings (SSSR count). The van der Waals surface area contributed by atoms with Gasteiger partial charge in [0.25, 0.3) is 0 Å². The first kappa shape index (κ1) is 10.2. The van der Waals surface area contributed by atoms with E-state index in [0.717, 1.165) is 11.7 Å². The zero-order chi connectivity index (χ0) is 10.7. The molecule has 0 atom stereocenters. The van der Waals surface area contributed by atoms with Crippen LogP contribution in [-0.4, -0.2) is 13.7 Å². The molecule has 1 aromatic carbocycles. The first-order valence-electron chi connectivity index (χ1n) is 5.38. The third kappa shape index (κ3) is 2.60. The molecule has 0 unspecified atom stereocenters. The topological polar surface area (TPSA) is 35.2 Å². The molecular formula is C13H17NO. The predicted octanol–water partition coefficient (Wildman–Crippen LogP) is 2.45. The van der Waals surface area contributed by atoms with Gasteiger partial charge in [0.15, 0.2) is 0 Å².